The summed E-state index contributed by atoms with van der Waals surface area (Å²) in [5, 5.41) is 8.30. The first-order valence-corrected chi connectivity index (χ1v) is 4.64. The molecule has 0 fully saturated rings. The summed E-state index contributed by atoms with van der Waals surface area (Å²) in [6.07, 6.45) is -3.05. The van der Waals surface area contributed by atoms with Crippen molar-refractivity contribution in [3.05, 3.63) is 26.8 Å². The molecule has 74 valence electrons. The molecule has 1 heterocycles. The number of hydrogen-bond acceptors (Lipinski definition) is 2. The normalized spacial score (nSPS) is 10.3. The maximum absolute atomic E-state index is 13.0. The zero-order valence-electron chi connectivity index (χ0n) is 6.77. The summed E-state index contributed by atoms with van der Waals surface area (Å²) in [5.74, 6) is -0.722. The fraction of sp³-hybridized carbons (Fsp3) is 0.250. The van der Waals surface area contributed by atoms with Crippen LogP contribution in [-0.4, -0.2) is 4.98 Å². The van der Waals surface area contributed by atoms with E-state index in [1.54, 1.807) is 28.7 Å². The molecule has 14 heavy (non-hydrogen) atoms. The van der Waals surface area contributed by atoms with Crippen molar-refractivity contribution in [3.63, 3.8) is 0 Å². The highest BCUT2D eigenvalue weighted by Gasteiger charge is 2.17. The van der Waals surface area contributed by atoms with E-state index in [1.165, 1.54) is 0 Å². The molecule has 1 rings (SSSR count). The summed E-state index contributed by atoms with van der Waals surface area (Å²) in [5.41, 5.74) is -0.708. The van der Waals surface area contributed by atoms with Crippen LogP contribution in [0.5, 0.6) is 0 Å². The van der Waals surface area contributed by atoms with Gasteiger partial charge < -0.3 is 0 Å². The number of pyridine rings is 1. The van der Waals surface area contributed by atoms with Crippen LogP contribution >= 0.6 is 22.6 Å². The van der Waals surface area contributed by atoms with Gasteiger partial charge in [0.1, 0.15) is 11.5 Å². The third-order valence-electron chi connectivity index (χ3n) is 1.48. The predicted octanol–water partition coefficient (Wildman–Crippen LogP) is 2.83. The van der Waals surface area contributed by atoms with Gasteiger partial charge >= 0.3 is 0 Å². The van der Waals surface area contributed by atoms with Crippen LogP contribution in [-0.2, 0) is 6.42 Å². The molecule has 0 saturated heterocycles. The molecule has 0 aromatic carbocycles. The third-order valence-corrected chi connectivity index (χ3v) is 2.35. The van der Waals surface area contributed by atoms with Crippen molar-refractivity contribution in [1.29, 1.82) is 5.26 Å². The third kappa shape index (κ3) is 2.35. The summed E-state index contributed by atoms with van der Waals surface area (Å²) < 4.78 is 37.7. The van der Waals surface area contributed by atoms with Crippen molar-refractivity contribution in [2.75, 3.05) is 0 Å². The van der Waals surface area contributed by atoms with Crippen LogP contribution in [0.4, 0.5) is 13.2 Å². The fourth-order valence-corrected chi connectivity index (χ4v) is 1.50. The second kappa shape index (κ2) is 4.59. The maximum atomic E-state index is 13.0. The Morgan fingerprint density at radius 2 is 2.21 bits per heavy atom. The second-order valence-electron chi connectivity index (χ2n) is 2.42. The molecule has 0 aliphatic carbocycles. The lowest BCUT2D eigenvalue weighted by atomic mass is 10.2. The van der Waals surface area contributed by atoms with E-state index in [0.717, 1.165) is 6.07 Å². The van der Waals surface area contributed by atoms with E-state index in [-0.39, 0.29) is 15.7 Å². The molecule has 2 nitrogen and oxygen atoms in total. The first-order chi connectivity index (χ1) is 6.56. The van der Waals surface area contributed by atoms with Crippen molar-refractivity contribution in [1.82, 2.24) is 4.98 Å². The van der Waals surface area contributed by atoms with Crippen LogP contribution in [0.15, 0.2) is 6.07 Å². The average Bonchev–Trinajstić information content (AvgIpc) is 2.09. The molecule has 0 aliphatic heterocycles. The Hall–Kier alpha value is -0.840. The molecule has 0 unspecified atom stereocenters. The highest BCUT2D eigenvalue weighted by molar-refractivity contribution is 14.1. The van der Waals surface area contributed by atoms with Gasteiger partial charge in [-0.3, -0.25) is 0 Å². The number of rotatable bonds is 2. The van der Waals surface area contributed by atoms with Gasteiger partial charge in [-0.2, -0.15) is 5.26 Å². The largest absolute Gasteiger partial charge is 0.281 e. The molecule has 0 spiro atoms. The Bertz CT molecular complexity index is 387. The highest BCUT2D eigenvalue weighted by Crippen LogP contribution is 2.24. The van der Waals surface area contributed by atoms with E-state index in [4.69, 9.17) is 5.26 Å². The minimum Gasteiger partial charge on any atom is -0.247 e. The SMILES string of the molecule is N#CCc1nc(C(F)F)c(I)cc1F. The number of nitriles is 1. The smallest absolute Gasteiger partial charge is 0.247 e. The molecule has 0 saturated carbocycles. The van der Waals surface area contributed by atoms with Crippen LogP contribution in [0.2, 0.25) is 0 Å². The van der Waals surface area contributed by atoms with Crippen molar-refractivity contribution in [3.8, 4) is 6.07 Å². The quantitative estimate of drug-likeness (QED) is 0.788. The molecule has 0 aliphatic rings. The Morgan fingerprint density at radius 3 is 2.71 bits per heavy atom. The average molecular weight is 312 g/mol. The van der Waals surface area contributed by atoms with Gasteiger partial charge in [0.2, 0.25) is 0 Å². The molecule has 1 aromatic rings. The van der Waals surface area contributed by atoms with Crippen molar-refractivity contribution >= 4 is 22.6 Å². The van der Waals surface area contributed by atoms with E-state index in [2.05, 4.69) is 4.98 Å². The molecular formula is C8H4F3IN2. The lowest BCUT2D eigenvalue weighted by Gasteiger charge is -2.05. The van der Waals surface area contributed by atoms with Crippen molar-refractivity contribution in [2.24, 2.45) is 0 Å². The first kappa shape index (κ1) is 11.2. The minimum absolute atomic E-state index is 0.0665. The van der Waals surface area contributed by atoms with E-state index in [9.17, 15) is 13.2 Å². The number of halogens is 4. The van der Waals surface area contributed by atoms with Crippen LogP contribution in [0.1, 0.15) is 17.8 Å². The molecule has 0 atom stereocenters. The summed E-state index contributed by atoms with van der Waals surface area (Å²) in [4.78, 5) is 3.41. The van der Waals surface area contributed by atoms with Crippen LogP contribution < -0.4 is 0 Å². The molecule has 1 aromatic heterocycles. The standard InChI is InChI=1S/C8H4F3IN2/c9-4-3-5(12)7(8(10)11)14-6(4)1-2-13/h3,8H,1H2. The lowest BCUT2D eigenvalue weighted by Crippen LogP contribution is -2.02. The Kier molecular flexibility index (Phi) is 3.69. The zero-order valence-corrected chi connectivity index (χ0v) is 8.93. The summed E-state index contributed by atoms with van der Waals surface area (Å²) in [7, 11) is 0. The summed E-state index contributed by atoms with van der Waals surface area (Å²) in [6, 6.07) is 2.62. The Balaban J connectivity index is 3.21. The zero-order chi connectivity index (χ0) is 10.7. The van der Waals surface area contributed by atoms with Gasteiger partial charge in [-0.05, 0) is 28.7 Å². The Morgan fingerprint density at radius 1 is 1.57 bits per heavy atom. The van der Waals surface area contributed by atoms with E-state index in [1.807, 2.05) is 0 Å². The number of alkyl halides is 2. The van der Waals surface area contributed by atoms with Gasteiger partial charge in [0.05, 0.1) is 18.2 Å². The minimum atomic E-state index is -2.75. The van der Waals surface area contributed by atoms with Gasteiger partial charge in [0.15, 0.2) is 0 Å². The number of aromatic nitrogens is 1. The van der Waals surface area contributed by atoms with Crippen LogP contribution in [0.3, 0.4) is 0 Å². The maximum Gasteiger partial charge on any atom is 0.281 e. The topological polar surface area (TPSA) is 36.7 Å². The van der Waals surface area contributed by atoms with Crippen LogP contribution in [0.25, 0.3) is 0 Å². The van der Waals surface area contributed by atoms with Crippen molar-refractivity contribution in [2.45, 2.75) is 12.8 Å². The monoisotopic (exact) mass is 312 g/mol. The number of hydrogen-bond donors (Lipinski definition) is 0. The van der Waals surface area contributed by atoms with Gasteiger partial charge in [-0.25, -0.2) is 18.2 Å². The van der Waals surface area contributed by atoms with Crippen molar-refractivity contribution < 1.29 is 13.2 Å². The van der Waals surface area contributed by atoms with Gasteiger partial charge in [-0.15, -0.1) is 0 Å². The van der Waals surface area contributed by atoms with E-state index in [0.29, 0.717) is 0 Å². The summed E-state index contributed by atoms with van der Waals surface area (Å²) in [6.45, 7) is 0. The number of nitrogens with zero attached hydrogens (tertiary/aromatic N) is 2. The highest BCUT2D eigenvalue weighted by atomic mass is 127. The van der Waals surface area contributed by atoms with Crippen LogP contribution in [0, 0.1) is 20.7 Å². The van der Waals surface area contributed by atoms with Gasteiger partial charge in [0, 0.05) is 3.57 Å². The molecule has 0 radical (unpaired) electrons. The Labute approximate surface area is 91.9 Å². The molecule has 0 amide bonds. The lowest BCUT2D eigenvalue weighted by molar-refractivity contribution is 0.144. The molecular weight excluding hydrogens is 308 g/mol. The second-order valence-corrected chi connectivity index (χ2v) is 3.58. The van der Waals surface area contributed by atoms with E-state index >= 15 is 0 Å². The van der Waals surface area contributed by atoms with Gasteiger partial charge in [0.25, 0.3) is 6.43 Å². The molecule has 0 N–H and O–H groups in total. The molecule has 6 heteroatoms. The molecule has 0 bridgehead atoms. The van der Waals surface area contributed by atoms with Gasteiger partial charge in [-0.1, -0.05) is 0 Å². The first-order valence-electron chi connectivity index (χ1n) is 3.56. The summed E-state index contributed by atoms with van der Waals surface area (Å²) >= 11 is 1.58. The predicted molar refractivity (Wildman–Crippen MR) is 51.2 cm³/mol. The van der Waals surface area contributed by atoms with E-state index < -0.39 is 17.9 Å². The fourth-order valence-electron chi connectivity index (χ4n) is 0.873.